The predicted octanol–water partition coefficient (Wildman–Crippen LogP) is 2.11. The third-order valence-electron chi connectivity index (χ3n) is 4.02. The third kappa shape index (κ3) is 2.79. The maximum Gasteiger partial charge on any atom is 0.320 e. The minimum absolute atomic E-state index is 0.222. The number of likely N-dealkylation sites (N-methyl/N-ethyl adjacent to an activating group) is 2. The lowest BCUT2D eigenvalue weighted by Crippen LogP contribution is -2.59. The molecule has 0 bridgehead atoms. The van der Waals surface area contributed by atoms with Crippen LogP contribution in [-0.4, -0.2) is 66.0 Å². The van der Waals surface area contributed by atoms with Gasteiger partial charge in [-0.05, 0) is 12.5 Å². The van der Waals surface area contributed by atoms with Crippen LogP contribution in [0.1, 0.15) is 34.6 Å². The number of hydrogen-bond donors (Lipinski definition) is 0. The van der Waals surface area contributed by atoms with Gasteiger partial charge in [0.25, 0.3) is 0 Å². The summed E-state index contributed by atoms with van der Waals surface area (Å²) in [6.45, 7) is 14.7. The van der Waals surface area contributed by atoms with Gasteiger partial charge in [0.1, 0.15) is 0 Å². The zero-order chi connectivity index (χ0) is 13.9. The van der Waals surface area contributed by atoms with Crippen LogP contribution in [0.4, 0.5) is 4.79 Å². The summed E-state index contributed by atoms with van der Waals surface area (Å²) in [5.41, 5.74) is 0. The summed E-state index contributed by atoms with van der Waals surface area (Å²) < 4.78 is 0. The number of carbonyl (C=O) groups is 1. The highest BCUT2D eigenvalue weighted by Gasteiger charge is 2.43. The van der Waals surface area contributed by atoms with Crippen LogP contribution in [0.5, 0.6) is 0 Å². The first-order chi connectivity index (χ1) is 8.54. The molecule has 0 saturated carbocycles. The van der Waals surface area contributed by atoms with Crippen molar-refractivity contribution in [1.29, 1.82) is 0 Å². The first kappa shape index (κ1) is 15.3. The molecular formula is C14H29N3O. The first-order valence-corrected chi connectivity index (χ1v) is 7.30. The zero-order valence-electron chi connectivity index (χ0n) is 12.8. The monoisotopic (exact) mass is 255 g/mol. The Morgan fingerprint density at radius 1 is 1.22 bits per heavy atom. The van der Waals surface area contributed by atoms with E-state index < -0.39 is 0 Å². The van der Waals surface area contributed by atoms with Crippen molar-refractivity contribution in [3.05, 3.63) is 0 Å². The van der Waals surface area contributed by atoms with E-state index in [1.54, 1.807) is 0 Å². The Balaban J connectivity index is 0.000000771. The summed E-state index contributed by atoms with van der Waals surface area (Å²) in [4.78, 5) is 18.4. The number of rotatable bonds is 3. The zero-order valence-corrected chi connectivity index (χ0v) is 12.8. The molecule has 1 unspecified atom stereocenters. The van der Waals surface area contributed by atoms with Crippen molar-refractivity contribution in [1.82, 2.24) is 14.7 Å². The van der Waals surface area contributed by atoms with Crippen molar-refractivity contribution in [2.75, 3.05) is 33.2 Å². The van der Waals surface area contributed by atoms with Crippen LogP contribution >= 0.6 is 0 Å². The molecule has 0 radical (unpaired) electrons. The molecule has 1 atom stereocenters. The van der Waals surface area contributed by atoms with E-state index in [2.05, 4.69) is 30.6 Å². The highest BCUT2D eigenvalue weighted by Crippen LogP contribution is 2.25. The fourth-order valence-corrected chi connectivity index (χ4v) is 2.71. The molecule has 0 N–H and O–H groups in total. The van der Waals surface area contributed by atoms with E-state index in [0.29, 0.717) is 18.0 Å². The Morgan fingerprint density at radius 3 is 2.17 bits per heavy atom. The second-order valence-electron chi connectivity index (χ2n) is 5.36. The maximum atomic E-state index is 12.1. The lowest BCUT2D eigenvalue weighted by Gasteiger charge is -2.43. The molecule has 18 heavy (non-hydrogen) atoms. The second kappa shape index (κ2) is 6.41. The summed E-state index contributed by atoms with van der Waals surface area (Å²) in [6.07, 6.45) is 0. The van der Waals surface area contributed by atoms with Gasteiger partial charge < -0.3 is 9.80 Å². The largest absolute Gasteiger partial charge is 0.323 e. The predicted molar refractivity (Wildman–Crippen MR) is 75.7 cm³/mol. The highest BCUT2D eigenvalue weighted by atomic mass is 16.2. The summed E-state index contributed by atoms with van der Waals surface area (Å²) in [7, 11) is 1.93. The topological polar surface area (TPSA) is 26.8 Å². The van der Waals surface area contributed by atoms with Crippen LogP contribution in [0.3, 0.4) is 0 Å². The molecule has 2 aliphatic heterocycles. The van der Waals surface area contributed by atoms with Gasteiger partial charge in [-0.1, -0.05) is 34.6 Å². The van der Waals surface area contributed by atoms with E-state index >= 15 is 0 Å². The average Bonchev–Trinajstić information content (AvgIpc) is 2.59. The minimum Gasteiger partial charge on any atom is -0.323 e. The van der Waals surface area contributed by atoms with Crippen molar-refractivity contribution >= 4 is 6.03 Å². The molecule has 0 aliphatic carbocycles. The number of amides is 2. The average molecular weight is 255 g/mol. The summed E-state index contributed by atoms with van der Waals surface area (Å²) in [6, 6.07) is 1.07. The Hall–Kier alpha value is -0.770. The van der Waals surface area contributed by atoms with E-state index in [-0.39, 0.29) is 6.03 Å². The van der Waals surface area contributed by atoms with Crippen LogP contribution in [-0.2, 0) is 0 Å². The summed E-state index contributed by atoms with van der Waals surface area (Å²) >= 11 is 0. The van der Waals surface area contributed by atoms with Crippen molar-refractivity contribution < 1.29 is 4.79 Å². The van der Waals surface area contributed by atoms with Crippen LogP contribution in [0, 0.1) is 5.92 Å². The van der Waals surface area contributed by atoms with E-state index in [4.69, 9.17) is 0 Å². The van der Waals surface area contributed by atoms with Crippen molar-refractivity contribution in [2.45, 2.75) is 46.7 Å². The fourth-order valence-electron chi connectivity index (χ4n) is 2.71. The van der Waals surface area contributed by atoms with Crippen molar-refractivity contribution in [2.24, 2.45) is 5.92 Å². The summed E-state index contributed by atoms with van der Waals surface area (Å²) in [5, 5.41) is 0. The molecule has 0 aromatic rings. The molecule has 2 amide bonds. The van der Waals surface area contributed by atoms with Crippen LogP contribution in [0.15, 0.2) is 0 Å². The number of hydrogen-bond acceptors (Lipinski definition) is 2. The Bertz CT molecular complexity index is 274. The van der Waals surface area contributed by atoms with Gasteiger partial charge in [-0.2, -0.15) is 0 Å². The van der Waals surface area contributed by atoms with Gasteiger partial charge in [0.2, 0.25) is 0 Å². The van der Waals surface area contributed by atoms with Crippen LogP contribution in [0.2, 0.25) is 0 Å². The Morgan fingerprint density at radius 2 is 1.78 bits per heavy atom. The Kier molecular flexibility index (Phi) is 5.45. The van der Waals surface area contributed by atoms with E-state index in [1.807, 2.05) is 25.8 Å². The maximum absolute atomic E-state index is 12.1. The molecule has 4 nitrogen and oxygen atoms in total. The quantitative estimate of drug-likeness (QED) is 0.772. The Labute approximate surface area is 112 Å². The smallest absolute Gasteiger partial charge is 0.320 e. The standard InChI is InChI=1S/C12H23N3O.C2H6/c1-5-14-6-10(7-14)15-8-11(9(2)3)13(4)12(15)16;1-2/h9-11H,5-8H2,1-4H3;1-2H3. The molecule has 2 aliphatic rings. The molecule has 0 spiro atoms. The molecule has 2 saturated heterocycles. The number of carbonyl (C=O) groups excluding carboxylic acids is 1. The number of urea groups is 1. The van der Waals surface area contributed by atoms with Gasteiger partial charge in [0.05, 0.1) is 12.1 Å². The van der Waals surface area contributed by atoms with Crippen LogP contribution in [0.25, 0.3) is 0 Å². The lowest BCUT2D eigenvalue weighted by molar-refractivity contribution is 0.0662. The normalized spacial score (nSPS) is 25.3. The second-order valence-corrected chi connectivity index (χ2v) is 5.36. The number of likely N-dealkylation sites (tertiary alicyclic amines) is 1. The molecule has 4 heteroatoms. The lowest BCUT2D eigenvalue weighted by atomic mass is 10.0. The van der Waals surface area contributed by atoms with Crippen LogP contribution < -0.4 is 0 Å². The molecule has 106 valence electrons. The van der Waals surface area contributed by atoms with Gasteiger partial charge in [-0.15, -0.1) is 0 Å². The minimum atomic E-state index is 0.222. The van der Waals surface area contributed by atoms with Gasteiger partial charge in [0.15, 0.2) is 0 Å². The highest BCUT2D eigenvalue weighted by molar-refractivity contribution is 5.77. The molecule has 0 aromatic carbocycles. The van der Waals surface area contributed by atoms with Crippen molar-refractivity contribution in [3.63, 3.8) is 0 Å². The van der Waals surface area contributed by atoms with E-state index in [1.165, 1.54) is 0 Å². The van der Waals surface area contributed by atoms with Gasteiger partial charge in [0, 0.05) is 26.7 Å². The number of nitrogens with zero attached hydrogens (tertiary/aromatic N) is 3. The van der Waals surface area contributed by atoms with Gasteiger partial charge in [-0.3, -0.25) is 4.90 Å². The molecule has 2 fully saturated rings. The van der Waals surface area contributed by atoms with Gasteiger partial charge in [-0.25, -0.2) is 4.79 Å². The molecular weight excluding hydrogens is 226 g/mol. The molecule has 0 aromatic heterocycles. The van der Waals surface area contributed by atoms with E-state index in [9.17, 15) is 4.79 Å². The SMILES string of the molecule is CC.CCN1CC(N2CC(C(C)C)N(C)C2=O)C1. The van der Waals surface area contributed by atoms with Crippen molar-refractivity contribution in [3.8, 4) is 0 Å². The summed E-state index contributed by atoms with van der Waals surface area (Å²) in [5.74, 6) is 0.543. The van der Waals surface area contributed by atoms with Gasteiger partial charge >= 0.3 is 6.03 Å². The first-order valence-electron chi connectivity index (χ1n) is 7.30. The molecule has 2 rings (SSSR count). The third-order valence-corrected chi connectivity index (χ3v) is 4.02. The molecule has 2 heterocycles. The fraction of sp³-hybridized carbons (Fsp3) is 0.929. The van der Waals surface area contributed by atoms with E-state index in [0.717, 1.165) is 26.2 Å².